The van der Waals surface area contributed by atoms with Crippen LogP contribution in [0.15, 0.2) is 66.0 Å². The number of hydrogen-bond donors (Lipinski definition) is 1. The average molecular weight is 454 g/mol. The van der Waals surface area contributed by atoms with Gasteiger partial charge in [0, 0.05) is 24.5 Å². The van der Waals surface area contributed by atoms with Gasteiger partial charge in [0.05, 0.1) is 22.5 Å². The monoisotopic (exact) mass is 453 g/mol. The van der Waals surface area contributed by atoms with Crippen LogP contribution in [0.2, 0.25) is 5.02 Å². The minimum absolute atomic E-state index is 0.0305. The van der Waals surface area contributed by atoms with Gasteiger partial charge in [-0.25, -0.2) is 4.98 Å². The molecule has 4 aromatic rings. The van der Waals surface area contributed by atoms with Crippen molar-refractivity contribution in [2.24, 2.45) is 0 Å². The van der Waals surface area contributed by atoms with Gasteiger partial charge < -0.3 is 14.6 Å². The number of carbonyl (C=O) groups excluding carboxylic acids is 1. The highest BCUT2D eigenvalue weighted by Crippen LogP contribution is 2.19. The summed E-state index contributed by atoms with van der Waals surface area (Å²) in [6, 6.07) is 19.3. The number of carbonyl (C=O) groups is 1. The molecule has 1 N–H and O–H groups in total. The molecule has 0 fully saturated rings. The van der Waals surface area contributed by atoms with E-state index in [0.717, 1.165) is 46.9 Å². The Labute approximate surface area is 190 Å². The predicted octanol–water partition coefficient (Wildman–Crippen LogP) is 5.58. The lowest BCUT2D eigenvalue weighted by Gasteiger charge is -2.11. The third-order valence-corrected chi connectivity index (χ3v) is 6.09. The molecule has 31 heavy (non-hydrogen) atoms. The summed E-state index contributed by atoms with van der Waals surface area (Å²) >= 11 is 7.36. The smallest absolute Gasteiger partial charge is 0.261 e. The van der Waals surface area contributed by atoms with E-state index in [4.69, 9.17) is 21.3 Å². The zero-order chi connectivity index (χ0) is 21.5. The number of imidazole rings is 1. The Bertz CT molecular complexity index is 1120. The van der Waals surface area contributed by atoms with Crippen molar-refractivity contribution in [3.05, 3.63) is 81.8 Å². The maximum Gasteiger partial charge on any atom is 0.261 e. The van der Waals surface area contributed by atoms with E-state index in [1.165, 1.54) is 11.3 Å². The van der Waals surface area contributed by atoms with Crippen LogP contribution in [0.5, 0.6) is 5.75 Å². The Hall–Kier alpha value is -2.83. The second-order valence-corrected chi connectivity index (χ2v) is 8.55. The topological polar surface area (TPSA) is 56.2 Å². The van der Waals surface area contributed by atoms with Crippen LogP contribution in [0.1, 0.15) is 28.3 Å². The van der Waals surface area contributed by atoms with Crippen LogP contribution in [0.3, 0.4) is 0 Å². The minimum Gasteiger partial charge on any atom is -0.494 e. The van der Waals surface area contributed by atoms with E-state index in [9.17, 15) is 4.79 Å². The molecule has 0 saturated heterocycles. The average Bonchev–Trinajstić information content (AvgIpc) is 3.43. The molecule has 0 atom stereocenters. The number of ether oxygens (including phenoxy) is 1. The number of aryl methyl sites for hydroxylation is 1. The summed E-state index contributed by atoms with van der Waals surface area (Å²) in [5.41, 5.74) is 2.11. The van der Waals surface area contributed by atoms with Gasteiger partial charge in [-0.3, -0.25) is 4.79 Å². The lowest BCUT2D eigenvalue weighted by atomic mass is 10.2. The Morgan fingerprint density at radius 3 is 2.71 bits per heavy atom. The third kappa shape index (κ3) is 5.66. The van der Waals surface area contributed by atoms with Gasteiger partial charge >= 0.3 is 0 Å². The number of fused-ring (bicyclic) bond motifs is 1. The Morgan fingerprint density at radius 1 is 1.06 bits per heavy atom. The first-order chi connectivity index (χ1) is 15.2. The Kier molecular flexibility index (Phi) is 7.22. The van der Waals surface area contributed by atoms with Crippen LogP contribution in [0, 0.1) is 0 Å². The lowest BCUT2D eigenvalue weighted by Crippen LogP contribution is -2.25. The molecule has 2 aromatic heterocycles. The van der Waals surface area contributed by atoms with Gasteiger partial charge in [-0.15, -0.1) is 11.3 Å². The number of unbranched alkanes of at least 4 members (excludes halogenated alkanes) is 1. The fourth-order valence-electron chi connectivity index (χ4n) is 3.44. The van der Waals surface area contributed by atoms with Gasteiger partial charge in [0.25, 0.3) is 5.91 Å². The van der Waals surface area contributed by atoms with Crippen molar-refractivity contribution in [2.75, 3.05) is 13.2 Å². The van der Waals surface area contributed by atoms with Crippen LogP contribution in [0.25, 0.3) is 11.0 Å². The Balaban J connectivity index is 1.32. The number of rotatable bonds is 10. The Morgan fingerprint density at radius 2 is 1.90 bits per heavy atom. The van der Waals surface area contributed by atoms with Crippen LogP contribution in [-0.2, 0) is 13.0 Å². The number of benzene rings is 2. The first-order valence-corrected chi connectivity index (χ1v) is 11.6. The zero-order valence-corrected chi connectivity index (χ0v) is 18.7. The van der Waals surface area contributed by atoms with Gasteiger partial charge in [0.2, 0.25) is 0 Å². The highest BCUT2D eigenvalue weighted by molar-refractivity contribution is 7.12. The molecule has 0 saturated carbocycles. The van der Waals surface area contributed by atoms with Crippen molar-refractivity contribution in [1.29, 1.82) is 0 Å². The molecule has 0 aliphatic heterocycles. The molecule has 0 unspecified atom stereocenters. The molecule has 2 heterocycles. The largest absolute Gasteiger partial charge is 0.494 e. The highest BCUT2D eigenvalue weighted by Gasteiger charge is 2.11. The molecule has 5 nitrogen and oxygen atoms in total. The molecule has 2 aromatic carbocycles. The van der Waals surface area contributed by atoms with Gasteiger partial charge in [0.15, 0.2) is 0 Å². The van der Waals surface area contributed by atoms with E-state index in [1.807, 2.05) is 60.0 Å². The molecular formula is C24H24ClN3O2S. The highest BCUT2D eigenvalue weighted by atomic mass is 35.5. The first-order valence-electron chi connectivity index (χ1n) is 10.3. The summed E-state index contributed by atoms with van der Waals surface area (Å²) in [6.45, 7) is 2.07. The van der Waals surface area contributed by atoms with Gasteiger partial charge in [0.1, 0.15) is 11.6 Å². The van der Waals surface area contributed by atoms with Gasteiger partial charge in [-0.05, 0) is 60.7 Å². The molecule has 160 valence electrons. The molecule has 4 rings (SSSR count). The van der Waals surface area contributed by atoms with Gasteiger partial charge in [-0.2, -0.15) is 0 Å². The number of aromatic nitrogens is 2. The van der Waals surface area contributed by atoms with Crippen LogP contribution >= 0.6 is 22.9 Å². The molecule has 0 aliphatic rings. The number of para-hydroxylation sites is 2. The number of amides is 1. The zero-order valence-electron chi connectivity index (χ0n) is 17.1. The molecular weight excluding hydrogens is 430 g/mol. The summed E-state index contributed by atoms with van der Waals surface area (Å²) in [5, 5.41) is 5.61. The summed E-state index contributed by atoms with van der Waals surface area (Å²) in [4.78, 5) is 17.7. The van der Waals surface area contributed by atoms with E-state index < -0.39 is 0 Å². The van der Waals surface area contributed by atoms with Crippen molar-refractivity contribution in [3.8, 4) is 5.75 Å². The third-order valence-electron chi connectivity index (χ3n) is 4.97. The van der Waals surface area contributed by atoms with Gasteiger partial charge in [-0.1, -0.05) is 29.8 Å². The van der Waals surface area contributed by atoms with E-state index >= 15 is 0 Å². The maximum atomic E-state index is 12.2. The predicted molar refractivity (Wildman–Crippen MR) is 126 cm³/mol. The summed E-state index contributed by atoms with van der Waals surface area (Å²) in [5.74, 6) is 1.79. The second-order valence-electron chi connectivity index (χ2n) is 7.16. The van der Waals surface area contributed by atoms with E-state index in [2.05, 4.69) is 16.0 Å². The van der Waals surface area contributed by atoms with Crippen molar-refractivity contribution in [2.45, 2.75) is 25.8 Å². The SMILES string of the molecule is O=C(NCCc1nc2ccccc2n1CCCCOc1ccc(Cl)cc1)c1cccs1. The molecule has 0 aliphatic carbocycles. The molecule has 1 amide bonds. The number of hydrogen-bond acceptors (Lipinski definition) is 4. The van der Waals surface area contributed by atoms with Crippen LogP contribution < -0.4 is 10.1 Å². The molecule has 7 heteroatoms. The summed E-state index contributed by atoms with van der Waals surface area (Å²) in [6.07, 6.45) is 2.60. The standard InChI is InChI=1S/C24H24ClN3O2S/c25-18-9-11-19(12-10-18)30-16-4-3-15-28-21-7-2-1-6-20(21)27-23(28)13-14-26-24(29)22-8-5-17-31-22/h1-2,5-12,17H,3-4,13-16H2,(H,26,29). The quantitative estimate of drug-likeness (QED) is 0.319. The van der Waals surface area contributed by atoms with Crippen LogP contribution in [-0.4, -0.2) is 28.6 Å². The summed E-state index contributed by atoms with van der Waals surface area (Å²) in [7, 11) is 0. The first kappa shape index (κ1) is 21.4. The molecule has 0 spiro atoms. The lowest BCUT2D eigenvalue weighted by molar-refractivity contribution is 0.0958. The minimum atomic E-state index is -0.0305. The van der Waals surface area contributed by atoms with Crippen molar-refractivity contribution in [1.82, 2.24) is 14.9 Å². The summed E-state index contributed by atoms with van der Waals surface area (Å²) < 4.78 is 8.05. The molecule has 0 bridgehead atoms. The maximum absolute atomic E-state index is 12.2. The van der Waals surface area contributed by atoms with E-state index in [0.29, 0.717) is 24.6 Å². The van der Waals surface area contributed by atoms with E-state index in [-0.39, 0.29) is 5.91 Å². The second kappa shape index (κ2) is 10.5. The van der Waals surface area contributed by atoms with E-state index in [1.54, 1.807) is 0 Å². The van der Waals surface area contributed by atoms with Crippen molar-refractivity contribution >= 4 is 39.9 Å². The number of nitrogens with one attached hydrogen (secondary N) is 1. The fourth-order valence-corrected chi connectivity index (χ4v) is 4.21. The van der Waals surface area contributed by atoms with Crippen molar-refractivity contribution < 1.29 is 9.53 Å². The number of nitrogens with zero attached hydrogens (tertiary/aromatic N) is 2. The van der Waals surface area contributed by atoms with Crippen molar-refractivity contribution in [3.63, 3.8) is 0 Å². The fraction of sp³-hybridized carbons (Fsp3) is 0.250. The number of thiophene rings is 1. The van der Waals surface area contributed by atoms with Crippen LogP contribution in [0.4, 0.5) is 0 Å². The normalized spacial score (nSPS) is 11.0. The molecule has 0 radical (unpaired) electrons. The number of halogens is 1.